The van der Waals surface area contributed by atoms with Crippen molar-refractivity contribution in [3.63, 3.8) is 0 Å². The van der Waals surface area contributed by atoms with Gasteiger partial charge in [-0.05, 0) is 43.3 Å². The van der Waals surface area contributed by atoms with Crippen LogP contribution in [-0.2, 0) is 6.54 Å². The standard InChI is InChI=1S/C26H21ClN2O4/c1-3-29-15-21(25(31)20-14-18(33-2)10-12-23(20)29)26(32)28-22-11-9-17(27)13-19(22)24(30)16-7-5-4-6-8-16/h4-15H,3H2,1-2H3,(H,28,32). The van der Waals surface area contributed by atoms with Gasteiger partial charge < -0.3 is 14.6 Å². The van der Waals surface area contributed by atoms with Crippen LogP contribution in [0.2, 0.25) is 5.02 Å². The van der Waals surface area contributed by atoms with Gasteiger partial charge in [0.15, 0.2) is 5.78 Å². The van der Waals surface area contributed by atoms with E-state index in [0.29, 0.717) is 33.8 Å². The molecule has 0 aliphatic heterocycles. The summed E-state index contributed by atoms with van der Waals surface area (Å²) in [7, 11) is 1.52. The second-order valence-corrected chi connectivity index (χ2v) is 7.82. The van der Waals surface area contributed by atoms with Gasteiger partial charge in [0.2, 0.25) is 5.43 Å². The van der Waals surface area contributed by atoms with Crippen molar-refractivity contribution in [1.29, 1.82) is 0 Å². The smallest absolute Gasteiger partial charge is 0.261 e. The molecule has 4 rings (SSSR count). The number of aromatic nitrogens is 1. The third-order valence-electron chi connectivity index (χ3n) is 5.38. The SMILES string of the molecule is CCn1cc(C(=O)Nc2ccc(Cl)cc2C(=O)c2ccccc2)c(=O)c2cc(OC)ccc21. The number of carbonyl (C=O) groups excluding carboxylic acids is 2. The maximum Gasteiger partial charge on any atom is 0.261 e. The van der Waals surface area contributed by atoms with Gasteiger partial charge in [-0.1, -0.05) is 41.9 Å². The number of halogens is 1. The van der Waals surface area contributed by atoms with Gasteiger partial charge >= 0.3 is 0 Å². The maximum atomic E-state index is 13.2. The van der Waals surface area contributed by atoms with Crippen molar-refractivity contribution in [3.05, 3.63) is 105 Å². The molecule has 33 heavy (non-hydrogen) atoms. The number of nitrogens with one attached hydrogen (secondary N) is 1. The number of ketones is 1. The molecule has 166 valence electrons. The second kappa shape index (κ2) is 9.30. The summed E-state index contributed by atoms with van der Waals surface area (Å²) in [6.07, 6.45) is 1.53. The topological polar surface area (TPSA) is 77.4 Å². The molecule has 1 N–H and O–H groups in total. The molecule has 0 atom stereocenters. The Morgan fingerprint density at radius 3 is 2.45 bits per heavy atom. The molecule has 1 amide bonds. The highest BCUT2D eigenvalue weighted by atomic mass is 35.5. The Bertz CT molecular complexity index is 1430. The largest absolute Gasteiger partial charge is 0.497 e. The summed E-state index contributed by atoms with van der Waals surface area (Å²) in [6.45, 7) is 2.48. The minimum absolute atomic E-state index is 0.0364. The summed E-state index contributed by atoms with van der Waals surface area (Å²) in [4.78, 5) is 39.4. The Balaban J connectivity index is 1.77. The number of anilines is 1. The summed E-state index contributed by atoms with van der Waals surface area (Å²) in [5, 5.41) is 3.46. The average Bonchev–Trinajstić information content (AvgIpc) is 2.85. The summed E-state index contributed by atoms with van der Waals surface area (Å²) < 4.78 is 7.07. The van der Waals surface area contributed by atoms with Gasteiger partial charge in [-0.3, -0.25) is 14.4 Å². The normalized spacial score (nSPS) is 10.8. The van der Waals surface area contributed by atoms with E-state index in [1.165, 1.54) is 19.4 Å². The third kappa shape index (κ3) is 4.38. The first-order valence-electron chi connectivity index (χ1n) is 10.3. The highest BCUT2D eigenvalue weighted by molar-refractivity contribution is 6.31. The van der Waals surface area contributed by atoms with E-state index in [0.717, 1.165) is 0 Å². The Morgan fingerprint density at radius 2 is 1.76 bits per heavy atom. The number of ether oxygens (including phenoxy) is 1. The first kappa shape index (κ1) is 22.3. The van der Waals surface area contributed by atoms with Crippen molar-refractivity contribution < 1.29 is 14.3 Å². The molecule has 0 unspecified atom stereocenters. The lowest BCUT2D eigenvalue weighted by molar-refractivity contribution is 0.102. The molecule has 6 nitrogen and oxygen atoms in total. The lowest BCUT2D eigenvalue weighted by atomic mass is 10.0. The molecule has 0 radical (unpaired) electrons. The Labute approximate surface area is 195 Å². The second-order valence-electron chi connectivity index (χ2n) is 7.38. The third-order valence-corrected chi connectivity index (χ3v) is 5.62. The minimum Gasteiger partial charge on any atom is -0.497 e. The molecule has 0 aliphatic rings. The highest BCUT2D eigenvalue weighted by Crippen LogP contribution is 2.25. The number of benzene rings is 3. The number of amides is 1. The molecule has 0 aliphatic carbocycles. The molecule has 3 aromatic carbocycles. The number of hydrogen-bond acceptors (Lipinski definition) is 4. The quantitative estimate of drug-likeness (QED) is 0.403. The molecule has 4 aromatic rings. The van der Waals surface area contributed by atoms with Crippen LogP contribution in [-0.4, -0.2) is 23.4 Å². The molecule has 0 fully saturated rings. The molecule has 0 saturated heterocycles. The number of rotatable bonds is 6. The van der Waals surface area contributed by atoms with Crippen molar-refractivity contribution in [2.24, 2.45) is 0 Å². The van der Waals surface area contributed by atoms with Crippen LogP contribution in [0.1, 0.15) is 33.2 Å². The lowest BCUT2D eigenvalue weighted by Gasteiger charge is -2.14. The van der Waals surface area contributed by atoms with E-state index in [1.54, 1.807) is 54.6 Å². The van der Waals surface area contributed by atoms with Gasteiger partial charge in [0.05, 0.1) is 23.7 Å². The summed E-state index contributed by atoms with van der Waals surface area (Å²) in [5.74, 6) is -0.382. The number of nitrogens with zero attached hydrogens (tertiary/aromatic N) is 1. The number of carbonyl (C=O) groups is 2. The number of pyridine rings is 1. The van der Waals surface area contributed by atoms with Crippen LogP contribution >= 0.6 is 11.6 Å². The van der Waals surface area contributed by atoms with Crippen LogP contribution in [0.25, 0.3) is 10.9 Å². The van der Waals surface area contributed by atoms with Crippen molar-refractivity contribution in [1.82, 2.24) is 4.57 Å². The molecule has 7 heteroatoms. The van der Waals surface area contributed by atoms with Crippen LogP contribution in [0.15, 0.2) is 77.7 Å². The Hall–Kier alpha value is -3.90. The van der Waals surface area contributed by atoms with Gasteiger partial charge in [-0.15, -0.1) is 0 Å². The molecule has 0 saturated carbocycles. The summed E-state index contributed by atoms with van der Waals surface area (Å²) in [6, 6.07) is 18.5. The van der Waals surface area contributed by atoms with Gasteiger partial charge in [-0.2, -0.15) is 0 Å². The predicted octanol–water partition coefficient (Wildman–Crippen LogP) is 5.17. The molecular weight excluding hydrogens is 440 g/mol. The van der Waals surface area contributed by atoms with E-state index in [4.69, 9.17) is 16.3 Å². The highest BCUT2D eigenvalue weighted by Gasteiger charge is 2.20. The predicted molar refractivity (Wildman–Crippen MR) is 130 cm³/mol. The van der Waals surface area contributed by atoms with E-state index in [-0.39, 0.29) is 22.6 Å². The number of hydrogen-bond donors (Lipinski definition) is 1. The first-order chi connectivity index (χ1) is 15.9. The van der Waals surface area contributed by atoms with Gasteiger partial charge in [-0.25, -0.2) is 0 Å². The lowest BCUT2D eigenvalue weighted by Crippen LogP contribution is -2.24. The van der Waals surface area contributed by atoms with E-state index in [2.05, 4.69) is 5.32 Å². The zero-order valence-corrected chi connectivity index (χ0v) is 18.8. The Morgan fingerprint density at radius 1 is 1.00 bits per heavy atom. The first-order valence-corrected chi connectivity index (χ1v) is 10.7. The average molecular weight is 461 g/mol. The van der Waals surface area contributed by atoms with Crippen LogP contribution in [0, 0.1) is 0 Å². The van der Waals surface area contributed by atoms with E-state index in [9.17, 15) is 14.4 Å². The van der Waals surface area contributed by atoms with Crippen LogP contribution in [0.4, 0.5) is 5.69 Å². The monoisotopic (exact) mass is 460 g/mol. The minimum atomic E-state index is -0.614. The van der Waals surface area contributed by atoms with E-state index < -0.39 is 11.3 Å². The zero-order valence-electron chi connectivity index (χ0n) is 18.1. The van der Waals surface area contributed by atoms with E-state index in [1.807, 2.05) is 17.6 Å². The van der Waals surface area contributed by atoms with Gasteiger partial charge in [0.25, 0.3) is 5.91 Å². The number of fused-ring (bicyclic) bond motifs is 1. The van der Waals surface area contributed by atoms with Crippen LogP contribution < -0.4 is 15.5 Å². The van der Waals surface area contributed by atoms with Crippen LogP contribution in [0.5, 0.6) is 5.75 Å². The van der Waals surface area contributed by atoms with Gasteiger partial charge in [0.1, 0.15) is 11.3 Å². The maximum absolute atomic E-state index is 13.2. The van der Waals surface area contributed by atoms with Crippen molar-refractivity contribution in [2.45, 2.75) is 13.5 Å². The molecular formula is C26H21ClN2O4. The fraction of sp³-hybridized carbons (Fsp3) is 0.115. The van der Waals surface area contributed by atoms with Crippen molar-refractivity contribution >= 4 is 39.9 Å². The summed E-state index contributed by atoms with van der Waals surface area (Å²) in [5.41, 5.74) is 1.21. The molecule has 1 aromatic heterocycles. The van der Waals surface area contributed by atoms with Gasteiger partial charge in [0, 0.05) is 28.9 Å². The number of aryl methyl sites for hydroxylation is 1. The summed E-state index contributed by atoms with van der Waals surface area (Å²) >= 11 is 6.13. The fourth-order valence-corrected chi connectivity index (χ4v) is 3.85. The fourth-order valence-electron chi connectivity index (χ4n) is 3.67. The molecule has 1 heterocycles. The number of methoxy groups -OCH3 is 1. The Kier molecular flexibility index (Phi) is 6.29. The molecule has 0 bridgehead atoms. The molecule has 0 spiro atoms. The zero-order chi connectivity index (χ0) is 23.5. The van der Waals surface area contributed by atoms with Crippen molar-refractivity contribution in [3.8, 4) is 5.75 Å². The van der Waals surface area contributed by atoms with Crippen molar-refractivity contribution in [2.75, 3.05) is 12.4 Å². The van der Waals surface area contributed by atoms with E-state index >= 15 is 0 Å². The van der Waals surface area contributed by atoms with Crippen LogP contribution in [0.3, 0.4) is 0 Å².